The molecule has 0 saturated heterocycles. The number of rotatable bonds is 7. The highest BCUT2D eigenvalue weighted by molar-refractivity contribution is 6.30. The third kappa shape index (κ3) is 6.59. The van der Waals surface area contributed by atoms with Crippen LogP contribution in [0.3, 0.4) is 0 Å². The lowest BCUT2D eigenvalue weighted by Gasteiger charge is -2.22. The minimum atomic E-state index is -0.743. The molecule has 0 bridgehead atoms. The number of likely N-dealkylation sites (N-methyl/N-ethyl adjacent to an activating group) is 1. The minimum Gasteiger partial charge on any atom is -0.352 e. The Kier molecular flexibility index (Phi) is 7.40. The van der Waals surface area contributed by atoms with Gasteiger partial charge < -0.3 is 21.3 Å². The van der Waals surface area contributed by atoms with E-state index in [1.165, 1.54) is 11.9 Å². The number of carbonyl (C=O) groups excluding carboxylic acids is 3. The number of halogens is 1. The van der Waals surface area contributed by atoms with Gasteiger partial charge in [0.1, 0.15) is 0 Å². The van der Waals surface area contributed by atoms with Gasteiger partial charge >= 0.3 is 6.03 Å². The third-order valence-corrected chi connectivity index (χ3v) is 4.36. The number of hydrogen-bond acceptors (Lipinski definition) is 3. The predicted molar refractivity (Wildman–Crippen MR) is 109 cm³/mol. The van der Waals surface area contributed by atoms with Crippen molar-refractivity contribution in [3.8, 4) is 0 Å². The largest absolute Gasteiger partial charge is 0.352 e. The Morgan fingerprint density at radius 3 is 2.25 bits per heavy atom. The number of aryl methyl sites for hydroxylation is 1. The van der Waals surface area contributed by atoms with Crippen molar-refractivity contribution in [2.24, 2.45) is 5.73 Å². The molecule has 148 valence electrons. The summed E-state index contributed by atoms with van der Waals surface area (Å²) in [6.07, 6.45) is -0.0428. The van der Waals surface area contributed by atoms with Crippen LogP contribution in [0.1, 0.15) is 23.6 Å². The lowest BCUT2D eigenvalue weighted by atomic mass is 10.0. The van der Waals surface area contributed by atoms with Gasteiger partial charge in [0.15, 0.2) is 0 Å². The second-order valence-electron chi connectivity index (χ2n) is 6.48. The zero-order valence-electron chi connectivity index (χ0n) is 15.7. The van der Waals surface area contributed by atoms with Gasteiger partial charge in [0.25, 0.3) is 0 Å². The zero-order chi connectivity index (χ0) is 20.7. The van der Waals surface area contributed by atoms with Gasteiger partial charge in [-0.1, -0.05) is 41.4 Å². The summed E-state index contributed by atoms with van der Waals surface area (Å²) < 4.78 is 0. The highest BCUT2D eigenvalue weighted by atomic mass is 35.5. The minimum absolute atomic E-state index is 0.0428. The second-order valence-corrected chi connectivity index (χ2v) is 6.92. The number of hydrogen-bond donors (Lipinski definition) is 3. The molecule has 0 aliphatic carbocycles. The van der Waals surface area contributed by atoms with Crippen molar-refractivity contribution >= 4 is 35.1 Å². The van der Waals surface area contributed by atoms with Crippen LogP contribution < -0.4 is 16.4 Å². The Morgan fingerprint density at radius 1 is 1.07 bits per heavy atom. The van der Waals surface area contributed by atoms with Crippen molar-refractivity contribution in [1.82, 2.24) is 10.2 Å². The van der Waals surface area contributed by atoms with E-state index in [0.717, 1.165) is 5.56 Å². The molecule has 8 heteroatoms. The molecule has 4 amide bonds. The fourth-order valence-electron chi connectivity index (χ4n) is 2.59. The summed E-state index contributed by atoms with van der Waals surface area (Å²) in [6, 6.07) is 12.7. The van der Waals surface area contributed by atoms with E-state index in [4.69, 9.17) is 17.3 Å². The molecule has 0 radical (unpaired) electrons. The molecule has 0 aliphatic heterocycles. The third-order valence-electron chi connectivity index (χ3n) is 4.11. The summed E-state index contributed by atoms with van der Waals surface area (Å²) in [5.41, 5.74) is 7.66. The number of anilines is 1. The van der Waals surface area contributed by atoms with Gasteiger partial charge in [0.2, 0.25) is 11.8 Å². The summed E-state index contributed by atoms with van der Waals surface area (Å²) in [4.78, 5) is 37.3. The van der Waals surface area contributed by atoms with E-state index in [0.29, 0.717) is 16.3 Å². The van der Waals surface area contributed by atoms with E-state index >= 15 is 0 Å². The van der Waals surface area contributed by atoms with Crippen molar-refractivity contribution in [1.29, 1.82) is 0 Å². The monoisotopic (exact) mass is 402 g/mol. The molecule has 0 aromatic heterocycles. The van der Waals surface area contributed by atoms with Gasteiger partial charge in [-0.2, -0.15) is 0 Å². The van der Waals surface area contributed by atoms with Crippen LogP contribution in [-0.4, -0.2) is 36.3 Å². The van der Waals surface area contributed by atoms with Gasteiger partial charge in [0, 0.05) is 17.8 Å². The summed E-state index contributed by atoms with van der Waals surface area (Å²) in [5.74, 6) is -0.627. The maximum Gasteiger partial charge on any atom is 0.312 e. The van der Waals surface area contributed by atoms with Crippen molar-refractivity contribution < 1.29 is 14.4 Å². The smallest absolute Gasteiger partial charge is 0.312 e. The fraction of sp³-hybridized carbons (Fsp3) is 0.250. The van der Waals surface area contributed by atoms with Crippen LogP contribution in [0.15, 0.2) is 48.5 Å². The number of nitrogens with zero attached hydrogens (tertiary/aromatic N) is 1. The fourth-order valence-corrected chi connectivity index (χ4v) is 2.72. The van der Waals surface area contributed by atoms with E-state index < -0.39 is 12.1 Å². The van der Waals surface area contributed by atoms with E-state index in [-0.39, 0.29) is 24.8 Å². The standard InChI is InChI=1S/C20H23ClN4O3/c1-13-3-9-16(10-4-13)23-18(26)12-25(2)19(27)11-17(24-20(22)28)14-5-7-15(21)8-6-14/h3-10,17H,11-12H2,1-2H3,(H,23,26)(H3,22,24,28)/t17-/m0/s1. The number of benzene rings is 2. The van der Waals surface area contributed by atoms with Gasteiger partial charge in [-0.15, -0.1) is 0 Å². The average Bonchev–Trinajstić information content (AvgIpc) is 2.63. The average molecular weight is 403 g/mol. The molecule has 2 rings (SSSR count). The number of amides is 4. The molecule has 0 heterocycles. The summed E-state index contributed by atoms with van der Waals surface area (Å²) >= 11 is 5.88. The number of nitrogens with one attached hydrogen (secondary N) is 2. The van der Waals surface area contributed by atoms with E-state index in [1.807, 2.05) is 19.1 Å². The zero-order valence-corrected chi connectivity index (χ0v) is 16.5. The maximum atomic E-state index is 12.5. The summed E-state index contributed by atoms with van der Waals surface area (Å²) in [7, 11) is 1.53. The van der Waals surface area contributed by atoms with Crippen molar-refractivity contribution in [3.63, 3.8) is 0 Å². The molecule has 1 atom stereocenters. The lowest BCUT2D eigenvalue weighted by molar-refractivity contribution is -0.133. The van der Waals surface area contributed by atoms with E-state index in [2.05, 4.69) is 10.6 Å². The first-order valence-corrected chi connectivity index (χ1v) is 9.04. The molecule has 0 saturated carbocycles. The summed E-state index contributed by atoms with van der Waals surface area (Å²) in [5, 5.41) is 5.83. The number of urea groups is 1. The Morgan fingerprint density at radius 2 is 1.68 bits per heavy atom. The van der Waals surface area contributed by atoms with E-state index in [9.17, 15) is 14.4 Å². The molecule has 4 N–H and O–H groups in total. The topological polar surface area (TPSA) is 105 Å². The highest BCUT2D eigenvalue weighted by Crippen LogP contribution is 2.20. The van der Waals surface area contributed by atoms with Gasteiger partial charge in [0.05, 0.1) is 19.0 Å². The van der Waals surface area contributed by atoms with Crippen molar-refractivity contribution in [2.45, 2.75) is 19.4 Å². The normalized spacial score (nSPS) is 11.4. The Balaban J connectivity index is 1.97. The maximum absolute atomic E-state index is 12.5. The molecule has 0 fully saturated rings. The van der Waals surface area contributed by atoms with Crippen molar-refractivity contribution in [3.05, 3.63) is 64.7 Å². The number of carbonyl (C=O) groups is 3. The van der Waals surface area contributed by atoms with Gasteiger partial charge in [-0.3, -0.25) is 9.59 Å². The van der Waals surface area contributed by atoms with Crippen molar-refractivity contribution in [2.75, 3.05) is 18.9 Å². The van der Waals surface area contributed by atoms with Crippen LogP contribution >= 0.6 is 11.6 Å². The second kappa shape index (κ2) is 9.75. The first-order valence-electron chi connectivity index (χ1n) is 8.66. The van der Waals surface area contributed by atoms with Crippen LogP contribution in [-0.2, 0) is 9.59 Å². The van der Waals surface area contributed by atoms with Crippen LogP contribution in [0.25, 0.3) is 0 Å². The van der Waals surface area contributed by atoms with Gasteiger partial charge in [-0.05, 0) is 36.8 Å². The molecular formula is C20H23ClN4O3. The molecule has 2 aromatic rings. The first-order chi connectivity index (χ1) is 13.2. The van der Waals surface area contributed by atoms with Gasteiger partial charge in [-0.25, -0.2) is 4.79 Å². The molecule has 28 heavy (non-hydrogen) atoms. The number of nitrogens with two attached hydrogens (primary N) is 1. The van der Waals surface area contributed by atoms with E-state index in [1.54, 1.807) is 36.4 Å². The molecule has 2 aromatic carbocycles. The quantitative estimate of drug-likeness (QED) is 0.663. The number of primary amides is 1. The molecule has 0 spiro atoms. The highest BCUT2D eigenvalue weighted by Gasteiger charge is 2.21. The summed E-state index contributed by atoms with van der Waals surface area (Å²) in [6.45, 7) is 1.84. The molecule has 0 aliphatic rings. The Labute approximate surface area is 168 Å². The first kappa shape index (κ1) is 21.2. The molecule has 7 nitrogen and oxygen atoms in total. The predicted octanol–water partition coefficient (Wildman–Crippen LogP) is 2.85. The van der Waals surface area contributed by atoms with Crippen LogP contribution in [0, 0.1) is 6.92 Å². The molecule has 0 unspecified atom stereocenters. The van der Waals surface area contributed by atoms with Crippen LogP contribution in [0.5, 0.6) is 0 Å². The Hall–Kier alpha value is -3.06. The Bertz CT molecular complexity index is 838. The van der Waals surface area contributed by atoms with Crippen LogP contribution in [0.4, 0.5) is 10.5 Å². The SMILES string of the molecule is Cc1ccc(NC(=O)CN(C)C(=O)C[C@H](NC(N)=O)c2ccc(Cl)cc2)cc1. The lowest BCUT2D eigenvalue weighted by Crippen LogP contribution is -2.39. The molecular weight excluding hydrogens is 380 g/mol. The van der Waals surface area contributed by atoms with Crippen LogP contribution in [0.2, 0.25) is 5.02 Å².